The molecule has 0 amide bonds. The Morgan fingerprint density at radius 1 is 1.25 bits per heavy atom. The van der Waals surface area contributed by atoms with Crippen molar-refractivity contribution in [2.75, 3.05) is 0 Å². The molecule has 0 bridgehead atoms. The van der Waals surface area contributed by atoms with Crippen LogP contribution in [0, 0.1) is 0 Å². The Morgan fingerprint density at radius 2 is 2.04 bits per heavy atom. The Balaban J connectivity index is 2.13. The van der Waals surface area contributed by atoms with Gasteiger partial charge in [0, 0.05) is 22.6 Å². The summed E-state index contributed by atoms with van der Waals surface area (Å²) in [6, 6.07) is 12.3. The molecule has 5 heteroatoms. The molecule has 0 radical (unpaired) electrons. The van der Waals surface area contributed by atoms with Crippen LogP contribution in [0.3, 0.4) is 0 Å². The summed E-state index contributed by atoms with van der Waals surface area (Å²) in [7, 11) is 0. The molecule has 24 heavy (non-hydrogen) atoms. The lowest BCUT2D eigenvalue weighted by molar-refractivity contribution is 0.495. The topological polar surface area (TPSA) is 30.2 Å². The molecule has 0 saturated heterocycles. The first-order valence-corrected chi connectivity index (χ1v) is 9.35. The summed E-state index contributed by atoms with van der Waals surface area (Å²) < 4.78 is 2.32. The molecule has 0 aliphatic heterocycles. The lowest BCUT2D eigenvalue weighted by Crippen LogP contribution is -2.19. The van der Waals surface area contributed by atoms with Crippen molar-refractivity contribution in [3.05, 3.63) is 64.0 Å². The molecule has 1 unspecified atom stereocenters. The Bertz CT molecular complexity index is 850. The van der Waals surface area contributed by atoms with Crippen LogP contribution in [0.2, 0.25) is 5.02 Å². The van der Waals surface area contributed by atoms with E-state index in [4.69, 9.17) is 16.6 Å². The van der Waals surface area contributed by atoms with Crippen LogP contribution in [0.15, 0.2) is 59.2 Å². The Labute approximate surface area is 151 Å². The molecule has 1 atom stereocenters. The van der Waals surface area contributed by atoms with E-state index in [0.29, 0.717) is 6.04 Å². The van der Waals surface area contributed by atoms with Crippen molar-refractivity contribution in [1.29, 1.82) is 0 Å². The van der Waals surface area contributed by atoms with Gasteiger partial charge >= 0.3 is 0 Å². The van der Waals surface area contributed by atoms with Gasteiger partial charge in [0.05, 0.1) is 17.6 Å². The van der Waals surface area contributed by atoms with Crippen LogP contribution in [0.1, 0.15) is 32.7 Å². The maximum absolute atomic E-state index is 6.03. The SMILES string of the molecule is CCCC(C)n1c(-c2ccc(Cl)cc2)csc1=Nc1cccnc1. The molecule has 0 saturated carbocycles. The van der Waals surface area contributed by atoms with E-state index in [0.717, 1.165) is 33.9 Å². The third-order valence-corrected chi connectivity index (χ3v) is 4.99. The van der Waals surface area contributed by atoms with Crippen LogP contribution in [0.4, 0.5) is 5.69 Å². The van der Waals surface area contributed by atoms with Gasteiger partial charge in [-0.1, -0.05) is 37.1 Å². The van der Waals surface area contributed by atoms with Gasteiger partial charge in [0.1, 0.15) is 0 Å². The Kier molecular flexibility index (Phi) is 5.48. The van der Waals surface area contributed by atoms with Crippen molar-refractivity contribution in [2.24, 2.45) is 4.99 Å². The number of nitrogens with zero attached hydrogens (tertiary/aromatic N) is 3. The number of halogens is 1. The second-order valence-electron chi connectivity index (χ2n) is 5.74. The minimum atomic E-state index is 0.377. The van der Waals surface area contributed by atoms with Gasteiger partial charge in [0.25, 0.3) is 0 Å². The maximum atomic E-state index is 6.03. The lowest BCUT2D eigenvalue weighted by atomic mass is 10.1. The molecule has 0 aliphatic rings. The molecule has 1 aromatic carbocycles. The number of benzene rings is 1. The lowest BCUT2D eigenvalue weighted by Gasteiger charge is -2.16. The molecule has 0 aliphatic carbocycles. The van der Waals surface area contributed by atoms with Gasteiger partial charge in [-0.15, -0.1) is 11.3 Å². The first-order chi connectivity index (χ1) is 11.7. The van der Waals surface area contributed by atoms with E-state index in [1.165, 1.54) is 5.69 Å². The van der Waals surface area contributed by atoms with Crippen molar-refractivity contribution in [3.8, 4) is 11.3 Å². The average Bonchev–Trinajstić information content (AvgIpc) is 3.00. The molecule has 3 rings (SSSR count). The van der Waals surface area contributed by atoms with Gasteiger partial charge in [-0.2, -0.15) is 0 Å². The van der Waals surface area contributed by atoms with Crippen molar-refractivity contribution >= 4 is 28.6 Å². The standard InChI is InChI=1S/C19H20ClN3S/c1-3-5-14(2)23-18(15-7-9-16(20)10-8-15)13-24-19(23)22-17-6-4-11-21-12-17/h4,6-14H,3,5H2,1-2H3. The molecule has 2 aromatic heterocycles. The van der Waals surface area contributed by atoms with Crippen LogP contribution in [0.5, 0.6) is 0 Å². The number of thiazole rings is 1. The zero-order chi connectivity index (χ0) is 16.9. The second kappa shape index (κ2) is 7.77. The fourth-order valence-corrected chi connectivity index (χ4v) is 3.88. The van der Waals surface area contributed by atoms with E-state index in [1.807, 2.05) is 24.3 Å². The molecule has 3 nitrogen and oxygen atoms in total. The van der Waals surface area contributed by atoms with Crippen molar-refractivity contribution < 1.29 is 0 Å². The third kappa shape index (κ3) is 3.77. The molecule has 2 heterocycles. The largest absolute Gasteiger partial charge is 0.314 e. The summed E-state index contributed by atoms with van der Waals surface area (Å²) in [5.41, 5.74) is 3.21. The van der Waals surface area contributed by atoms with Gasteiger partial charge in [0.2, 0.25) is 0 Å². The zero-order valence-electron chi connectivity index (χ0n) is 13.8. The van der Waals surface area contributed by atoms with Crippen LogP contribution in [0.25, 0.3) is 11.3 Å². The first kappa shape index (κ1) is 16.9. The first-order valence-electron chi connectivity index (χ1n) is 8.09. The average molecular weight is 358 g/mol. The van der Waals surface area contributed by atoms with E-state index in [9.17, 15) is 0 Å². The highest BCUT2D eigenvalue weighted by atomic mass is 35.5. The number of pyridine rings is 1. The normalized spacial score (nSPS) is 13.2. The number of aromatic nitrogens is 2. The van der Waals surface area contributed by atoms with Crippen LogP contribution < -0.4 is 4.80 Å². The second-order valence-corrected chi connectivity index (χ2v) is 7.01. The summed E-state index contributed by atoms with van der Waals surface area (Å²) in [5.74, 6) is 0. The van der Waals surface area contributed by atoms with Gasteiger partial charge in [-0.3, -0.25) is 4.98 Å². The van der Waals surface area contributed by atoms with E-state index in [1.54, 1.807) is 23.7 Å². The smallest absolute Gasteiger partial charge is 0.190 e. The van der Waals surface area contributed by atoms with E-state index in [-0.39, 0.29) is 0 Å². The maximum Gasteiger partial charge on any atom is 0.190 e. The predicted molar refractivity (Wildman–Crippen MR) is 102 cm³/mol. The highest BCUT2D eigenvalue weighted by Gasteiger charge is 2.13. The van der Waals surface area contributed by atoms with Crippen LogP contribution >= 0.6 is 22.9 Å². The van der Waals surface area contributed by atoms with Crippen LogP contribution in [-0.4, -0.2) is 9.55 Å². The summed E-state index contributed by atoms with van der Waals surface area (Å²) in [4.78, 5) is 9.95. The van der Waals surface area contributed by atoms with E-state index >= 15 is 0 Å². The fourth-order valence-electron chi connectivity index (χ4n) is 2.74. The van der Waals surface area contributed by atoms with E-state index < -0.39 is 0 Å². The minimum Gasteiger partial charge on any atom is -0.314 e. The predicted octanol–water partition coefficient (Wildman–Crippen LogP) is 5.86. The summed E-state index contributed by atoms with van der Waals surface area (Å²) >= 11 is 7.69. The zero-order valence-corrected chi connectivity index (χ0v) is 15.4. The summed E-state index contributed by atoms with van der Waals surface area (Å²) in [5, 5.41) is 2.92. The molecule has 0 N–H and O–H groups in total. The quantitative estimate of drug-likeness (QED) is 0.562. The Hall–Kier alpha value is -1.91. The Morgan fingerprint density at radius 3 is 2.71 bits per heavy atom. The molecule has 3 aromatic rings. The number of hydrogen-bond donors (Lipinski definition) is 0. The molecule has 0 fully saturated rings. The highest BCUT2D eigenvalue weighted by molar-refractivity contribution is 7.07. The molecule has 0 spiro atoms. The van der Waals surface area contributed by atoms with Gasteiger partial charge in [-0.05, 0) is 43.2 Å². The van der Waals surface area contributed by atoms with E-state index in [2.05, 4.69) is 40.9 Å². The van der Waals surface area contributed by atoms with Gasteiger partial charge < -0.3 is 4.57 Å². The van der Waals surface area contributed by atoms with Gasteiger partial charge in [-0.25, -0.2) is 4.99 Å². The van der Waals surface area contributed by atoms with Crippen molar-refractivity contribution in [2.45, 2.75) is 32.7 Å². The highest BCUT2D eigenvalue weighted by Crippen LogP contribution is 2.26. The monoisotopic (exact) mass is 357 g/mol. The molecular weight excluding hydrogens is 338 g/mol. The summed E-state index contributed by atoms with van der Waals surface area (Å²) in [6.45, 7) is 4.46. The fraction of sp³-hybridized carbons (Fsp3) is 0.263. The minimum absolute atomic E-state index is 0.377. The third-order valence-electron chi connectivity index (χ3n) is 3.90. The number of rotatable bonds is 5. The van der Waals surface area contributed by atoms with Crippen LogP contribution in [-0.2, 0) is 0 Å². The van der Waals surface area contributed by atoms with Gasteiger partial charge in [0.15, 0.2) is 4.80 Å². The molecular formula is C19H20ClN3S. The summed E-state index contributed by atoms with van der Waals surface area (Å²) in [6.07, 6.45) is 5.80. The van der Waals surface area contributed by atoms with Crippen molar-refractivity contribution in [3.63, 3.8) is 0 Å². The number of hydrogen-bond acceptors (Lipinski definition) is 3. The van der Waals surface area contributed by atoms with Crippen molar-refractivity contribution in [1.82, 2.24) is 9.55 Å². The molecule has 124 valence electrons.